The summed E-state index contributed by atoms with van der Waals surface area (Å²) in [6.07, 6.45) is 5.07. The number of hydrogen-bond donors (Lipinski definition) is 1. The molecule has 112 valence electrons. The van der Waals surface area contributed by atoms with Gasteiger partial charge in [0.1, 0.15) is 12.0 Å². The fourth-order valence-corrected chi connectivity index (χ4v) is 1.63. The first-order chi connectivity index (χ1) is 10.2. The first kappa shape index (κ1) is 14.8. The van der Waals surface area contributed by atoms with Crippen molar-refractivity contribution in [1.82, 2.24) is 19.7 Å². The van der Waals surface area contributed by atoms with Gasteiger partial charge in [0, 0.05) is 6.20 Å². The number of esters is 1. The van der Waals surface area contributed by atoms with E-state index < -0.39 is 5.97 Å². The number of carbonyl (C=O) groups excluding carboxylic acids is 1. The predicted molar refractivity (Wildman–Crippen MR) is 75.3 cm³/mol. The van der Waals surface area contributed by atoms with Crippen molar-refractivity contribution < 1.29 is 14.3 Å². The van der Waals surface area contributed by atoms with Crippen molar-refractivity contribution in [2.45, 2.75) is 20.3 Å². The summed E-state index contributed by atoms with van der Waals surface area (Å²) in [5.74, 6) is 0.209. The lowest BCUT2D eigenvalue weighted by Gasteiger charge is -2.09. The Kier molecular flexibility index (Phi) is 4.70. The Morgan fingerprint density at radius 2 is 2.19 bits per heavy atom. The van der Waals surface area contributed by atoms with Gasteiger partial charge in [-0.2, -0.15) is 10.1 Å². The zero-order chi connectivity index (χ0) is 15.2. The Morgan fingerprint density at radius 1 is 1.38 bits per heavy atom. The van der Waals surface area contributed by atoms with E-state index in [1.54, 1.807) is 6.92 Å². The Morgan fingerprint density at radius 3 is 2.90 bits per heavy atom. The number of aromatic nitrogens is 4. The summed E-state index contributed by atoms with van der Waals surface area (Å²) in [5.41, 5.74) is 6.57. The Labute approximate surface area is 121 Å². The first-order valence-corrected chi connectivity index (χ1v) is 6.62. The van der Waals surface area contributed by atoms with Crippen LogP contribution in [0.3, 0.4) is 0 Å². The molecule has 2 aromatic rings. The fourth-order valence-electron chi connectivity index (χ4n) is 1.63. The van der Waals surface area contributed by atoms with Crippen molar-refractivity contribution in [3.8, 4) is 11.7 Å². The molecule has 0 aliphatic carbocycles. The van der Waals surface area contributed by atoms with E-state index in [0.717, 1.165) is 6.42 Å². The van der Waals surface area contributed by atoms with E-state index in [1.807, 2.05) is 6.92 Å². The molecule has 0 unspecified atom stereocenters. The standard InChI is InChI=1S/C13H17N5O3/c1-3-5-21-12-10(14)11(15-8-16-12)18-7-9(6-17-18)13(19)20-4-2/h6-8H,3-5,14H2,1-2H3. The van der Waals surface area contributed by atoms with E-state index in [1.165, 1.54) is 23.4 Å². The van der Waals surface area contributed by atoms with Gasteiger partial charge in [0.05, 0.1) is 25.0 Å². The lowest BCUT2D eigenvalue weighted by atomic mass is 10.4. The molecular weight excluding hydrogens is 274 g/mol. The van der Waals surface area contributed by atoms with E-state index >= 15 is 0 Å². The van der Waals surface area contributed by atoms with Crippen molar-refractivity contribution in [2.24, 2.45) is 0 Å². The molecule has 2 heterocycles. The monoisotopic (exact) mass is 291 g/mol. The quantitative estimate of drug-likeness (QED) is 0.797. The minimum absolute atomic E-state index is 0.268. The van der Waals surface area contributed by atoms with Crippen LogP contribution in [0.4, 0.5) is 5.69 Å². The summed E-state index contributed by atoms with van der Waals surface area (Å²) in [6, 6.07) is 0. The largest absolute Gasteiger partial charge is 0.476 e. The minimum atomic E-state index is -0.446. The molecule has 0 atom stereocenters. The van der Waals surface area contributed by atoms with Gasteiger partial charge in [-0.3, -0.25) is 0 Å². The van der Waals surface area contributed by atoms with Crippen LogP contribution in [0.25, 0.3) is 5.82 Å². The van der Waals surface area contributed by atoms with Gasteiger partial charge < -0.3 is 15.2 Å². The van der Waals surface area contributed by atoms with E-state index in [0.29, 0.717) is 30.5 Å². The Balaban J connectivity index is 2.28. The van der Waals surface area contributed by atoms with Crippen LogP contribution in [0.2, 0.25) is 0 Å². The molecule has 0 saturated carbocycles. The molecular formula is C13H17N5O3. The average Bonchev–Trinajstić information content (AvgIpc) is 2.96. The summed E-state index contributed by atoms with van der Waals surface area (Å²) in [7, 11) is 0. The average molecular weight is 291 g/mol. The number of nitrogen functional groups attached to an aromatic ring is 1. The second kappa shape index (κ2) is 6.69. The number of rotatable bonds is 6. The molecule has 0 bridgehead atoms. The highest BCUT2D eigenvalue weighted by Crippen LogP contribution is 2.23. The molecule has 0 aromatic carbocycles. The van der Waals surface area contributed by atoms with Gasteiger partial charge in [-0.05, 0) is 13.3 Å². The Hall–Kier alpha value is -2.64. The fraction of sp³-hybridized carbons (Fsp3) is 0.385. The van der Waals surface area contributed by atoms with Crippen LogP contribution in [0.5, 0.6) is 5.88 Å². The van der Waals surface area contributed by atoms with Gasteiger partial charge in [0.25, 0.3) is 0 Å². The van der Waals surface area contributed by atoms with Crippen LogP contribution in [-0.4, -0.2) is 38.9 Å². The van der Waals surface area contributed by atoms with Crippen molar-refractivity contribution >= 4 is 11.7 Å². The zero-order valence-electron chi connectivity index (χ0n) is 11.9. The molecule has 0 aliphatic rings. The number of nitrogens with two attached hydrogens (primary N) is 1. The van der Waals surface area contributed by atoms with Crippen LogP contribution in [-0.2, 0) is 4.74 Å². The van der Waals surface area contributed by atoms with E-state index in [9.17, 15) is 4.79 Å². The number of nitrogens with zero attached hydrogens (tertiary/aromatic N) is 4. The molecule has 2 N–H and O–H groups in total. The Bertz CT molecular complexity index is 626. The maximum absolute atomic E-state index is 11.6. The topological polar surface area (TPSA) is 105 Å². The molecule has 21 heavy (non-hydrogen) atoms. The van der Waals surface area contributed by atoms with Crippen molar-refractivity contribution in [1.29, 1.82) is 0 Å². The molecule has 8 heteroatoms. The van der Waals surface area contributed by atoms with Gasteiger partial charge in [-0.25, -0.2) is 14.5 Å². The van der Waals surface area contributed by atoms with Crippen LogP contribution < -0.4 is 10.5 Å². The van der Waals surface area contributed by atoms with Gasteiger partial charge in [0.2, 0.25) is 5.88 Å². The van der Waals surface area contributed by atoms with E-state index in [-0.39, 0.29) is 5.69 Å². The SMILES string of the molecule is CCCOc1ncnc(-n2cc(C(=O)OCC)cn2)c1N. The van der Waals surface area contributed by atoms with Crippen LogP contribution in [0.1, 0.15) is 30.6 Å². The smallest absolute Gasteiger partial charge is 0.341 e. The third-order valence-corrected chi connectivity index (χ3v) is 2.58. The summed E-state index contributed by atoms with van der Waals surface area (Å²) in [6.45, 7) is 4.53. The molecule has 0 amide bonds. The van der Waals surface area contributed by atoms with Gasteiger partial charge in [-0.1, -0.05) is 6.92 Å². The third kappa shape index (κ3) is 3.28. The lowest BCUT2D eigenvalue weighted by Crippen LogP contribution is -2.08. The molecule has 2 rings (SSSR count). The number of ether oxygens (including phenoxy) is 2. The van der Waals surface area contributed by atoms with Crippen LogP contribution in [0, 0.1) is 0 Å². The van der Waals surface area contributed by atoms with Crippen LogP contribution >= 0.6 is 0 Å². The lowest BCUT2D eigenvalue weighted by molar-refractivity contribution is 0.0526. The molecule has 8 nitrogen and oxygen atoms in total. The minimum Gasteiger partial charge on any atom is -0.476 e. The molecule has 0 fully saturated rings. The summed E-state index contributed by atoms with van der Waals surface area (Å²) in [4.78, 5) is 19.7. The van der Waals surface area contributed by atoms with Gasteiger partial charge in [0.15, 0.2) is 5.82 Å². The number of carbonyl (C=O) groups is 1. The molecule has 0 saturated heterocycles. The molecule has 2 aromatic heterocycles. The normalized spacial score (nSPS) is 10.4. The molecule has 0 aliphatic heterocycles. The van der Waals surface area contributed by atoms with Crippen molar-refractivity contribution in [3.05, 3.63) is 24.3 Å². The van der Waals surface area contributed by atoms with Gasteiger partial charge in [-0.15, -0.1) is 0 Å². The highest BCUT2D eigenvalue weighted by Gasteiger charge is 2.15. The molecule has 0 spiro atoms. The van der Waals surface area contributed by atoms with E-state index in [2.05, 4.69) is 15.1 Å². The summed E-state index contributed by atoms with van der Waals surface area (Å²) in [5, 5.41) is 4.06. The molecule has 0 radical (unpaired) electrons. The van der Waals surface area contributed by atoms with Crippen molar-refractivity contribution in [3.63, 3.8) is 0 Å². The second-order valence-corrected chi connectivity index (χ2v) is 4.16. The number of hydrogen-bond acceptors (Lipinski definition) is 7. The van der Waals surface area contributed by atoms with Crippen LogP contribution in [0.15, 0.2) is 18.7 Å². The second-order valence-electron chi connectivity index (χ2n) is 4.16. The third-order valence-electron chi connectivity index (χ3n) is 2.58. The predicted octanol–water partition coefficient (Wildman–Crippen LogP) is 1.21. The summed E-state index contributed by atoms with van der Waals surface area (Å²) >= 11 is 0. The van der Waals surface area contributed by atoms with Gasteiger partial charge >= 0.3 is 5.97 Å². The highest BCUT2D eigenvalue weighted by molar-refractivity contribution is 5.88. The maximum atomic E-state index is 11.6. The highest BCUT2D eigenvalue weighted by atomic mass is 16.5. The zero-order valence-corrected chi connectivity index (χ0v) is 11.9. The maximum Gasteiger partial charge on any atom is 0.341 e. The number of anilines is 1. The van der Waals surface area contributed by atoms with E-state index in [4.69, 9.17) is 15.2 Å². The van der Waals surface area contributed by atoms with Crippen molar-refractivity contribution in [2.75, 3.05) is 18.9 Å². The summed E-state index contributed by atoms with van der Waals surface area (Å²) < 4.78 is 11.7. The first-order valence-electron chi connectivity index (χ1n) is 6.62.